The summed E-state index contributed by atoms with van der Waals surface area (Å²) in [4.78, 5) is 7.58. The van der Waals surface area contributed by atoms with Crippen molar-refractivity contribution in [1.29, 1.82) is 0 Å². The van der Waals surface area contributed by atoms with Gasteiger partial charge in [-0.05, 0) is 32.1 Å². The molecular weight excluding hydrogens is 267 g/mol. The van der Waals surface area contributed by atoms with Crippen molar-refractivity contribution in [2.24, 2.45) is 11.7 Å². The summed E-state index contributed by atoms with van der Waals surface area (Å²) in [6, 6.07) is -0.128. The van der Waals surface area contributed by atoms with Crippen LogP contribution in [-0.4, -0.2) is 16.1 Å². The van der Waals surface area contributed by atoms with E-state index in [1.54, 1.807) is 0 Å². The second-order valence-electron chi connectivity index (χ2n) is 6.02. The minimum Gasteiger partial charge on any atom is -0.345 e. The summed E-state index contributed by atoms with van der Waals surface area (Å²) < 4.78 is 39.5. The minimum absolute atomic E-state index is 0.128. The first kappa shape index (κ1) is 13.9. The molecule has 0 bridgehead atoms. The Labute approximate surface area is 116 Å². The molecule has 1 saturated carbocycles. The van der Waals surface area contributed by atoms with E-state index in [1.165, 1.54) is 0 Å². The number of aromatic nitrogens is 2. The van der Waals surface area contributed by atoms with Gasteiger partial charge in [0.15, 0.2) is 0 Å². The molecule has 2 aliphatic rings. The molecule has 0 aliphatic heterocycles. The van der Waals surface area contributed by atoms with Crippen molar-refractivity contribution in [2.45, 2.75) is 63.1 Å². The molecule has 1 aromatic heterocycles. The van der Waals surface area contributed by atoms with Gasteiger partial charge in [0.05, 0.1) is 11.6 Å². The fourth-order valence-electron chi connectivity index (χ4n) is 3.60. The number of imidazole rings is 1. The summed E-state index contributed by atoms with van der Waals surface area (Å²) in [5, 5.41) is 0. The number of nitrogens with zero attached hydrogens (tertiary/aromatic N) is 1. The summed E-state index contributed by atoms with van der Waals surface area (Å²) >= 11 is 0. The third kappa shape index (κ3) is 2.45. The van der Waals surface area contributed by atoms with Crippen molar-refractivity contribution < 1.29 is 13.2 Å². The van der Waals surface area contributed by atoms with Crippen LogP contribution in [0.25, 0.3) is 0 Å². The third-order valence-corrected chi connectivity index (χ3v) is 4.66. The van der Waals surface area contributed by atoms with E-state index in [4.69, 9.17) is 5.73 Å². The predicted molar refractivity (Wildman–Crippen MR) is 69.2 cm³/mol. The van der Waals surface area contributed by atoms with E-state index in [0.29, 0.717) is 18.7 Å². The summed E-state index contributed by atoms with van der Waals surface area (Å²) in [5.74, 6) is -1.28. The van der Waals surface area contributed by atoms with Gasteiger partial charge < -0.3 is 10.7 Å². The fraction of sp³-hybridized carbons (Fsp3) is 0.786. The monoisotopic (exact) mass is 287 g/mol. The van der Waals surface area contributed by atoms with Crippen LogP contribution in [0, 0.1) is 5.92 Å². The normalized spacial score (nSPS) is 31.1. The Kier molecular flexibility index (Phi) is 3.52. The quantitative estimate of drug-likeness (QED) is 0.829. The largest absolute Gasteiger partial charge is 0.392 e. The Morgan fingerprint density at radius 1 is 1.10 bits per heavy atom. The molecule has 3 nitrogen and oxygen atoms in total. The number of H-pyrrole nitrogens is 1. The van der Waals surface area contributed by atoms with E-state index in [1.807, 2.05) is 0 Å². The highest BCUT2D eigenvalue weighted by Gasteiger charge is 2.47. The lowest BCUT2D eigenvalue weighted by atomic mass is 9.78. The molecule has 112 valence electrons. The smallest absolute Gasteiger partial charge is 0.345 e. The van der Waals surface area contributed by atoms with E-state index in [2.05, 4.69) is 9.97 Å². The highest BCUT2D eigenvalue weighted by molar-refractivity contribution is 5.23. The second kappa shape index (κ2) is 5.06. The Morgan fingerprint density at radius 3 is 2.55 bits per heavy atom. The molecule has 3 atom stereocenters. The number of alkyl halides is 3. The Morgan fingerprint density at radius 2 is 1.85 bits per heavy atom. The SMILES string of the molecule is NC1CCCc2[nH]c(C3CCCCC3C(F)(F)F)nc21. The summed E-state index contributed by atoms with van der Waals surface area (Å²) in [6.45, 7) is 0. The van der Waals surface area contributed by atoms with Crippen LogP contribution in [0.3, 0.4) is 0 Å². The standard InChI is InChI=1S/C14H20F3N3/c15-14(16,17)9-5-2-1-4-8(9)13-19-11-7-3-6-10(18)12(11)20-13/h8-10H,1-7,18H2,(H,19,20). The maximum Gasteiger partial charge on any atom is 0.392 e. The zero-order valence-corrected chi connectivity index (χ0v) is 11.3. The topological polar surface area (TPSA) is 54.7 Å². The Hall–Kier alpha value is -1.04. The number of halogens is 3. The van der Waals surface area contributed by atoms with Gasteiger partial charge in [0.25, 0.3) is 0 Å². The molecule has 1 fully saturated rings. The van der Waals surface area contributed by atoms with Crippen LogP contribution in [0.5, 0.6) is 0 Å². The number of rotatable bonds is 1. The van der Waals surface area contributed by atoms with Gasteiger partial charge in [-0.2, -0.15) is 13.2 Å². The van der Waals surface area contributed by atoms with Gasteiger partial charge in [0.1, 0.15) is 5.82 Å². The van der Waals surface area contributed by atoms with Crippen LogP contribution in [-0.2, 0) is 6.42 Å². The average molecular weight is 287 g/mol. The van der Waals surface area contributed by atoms with Crippen molar-refractivity contribution in [3.05, 3.63) is 17.2 Å². The predicted octanol–water partition coefficient (Wildman–Crippen LogP) is 3.58. The van der Waals surface area contributed by atoms with Crippen LogP contribution in [0.4, 0.5) is 13.2 Å². The van der Waals surface area contributed by atoms with E-state index < -0.39 is 18.0 Å². The lowest BCUT2D eigenvalue weighted by Crippen LogP contribution is -2.32. The van der Waals surface area contributed by atoms with Gasteiger partial charge in [0.2, 0.25) is 0 Å². The maximum absolute atomic E-state index is 13.2. The molecule has 3 unspecified atom stereocenters. The number of aromatic amines is 1. The van der Waals surface area contributed by atoms with Crippen LogP contribution in [0.15, 0.2) is 0 Å². The van der Waals surface area contributed by atoms with E-state index in [9.17, 15) is 13.2 Å². The lowest BCUT2D eigenvalue weighted by molar-refractivity contribution is -0.187. The highest BCUT2D eigenvalue weighted by atomic mass is 19.4. The van der Waals surface area contributed by atoms with Crippen molar-refractivity contribution in [3.8, 4) is 0 Å². The van der Waals surface area contributed by atoms with E-state index in [-0.39, 0.29) is 12.5 Å². The lowest BCUT2D eigenvalue weighted by Gasteiger charge is -2.31. The first-order valence-corrected chi connectivity index (χ1v) is 7.38. The molecular formula is C14H20F3N3. The summed E-state index contributed by atoms with van der Waals surface area (Å²) in [6.07, 6.45) is 0.820. The van der Waals surface area contributed by atoms with Crippen molar-refractivity contribution in [2.75, 3.05) is 0 Å². The average Bonchev–Trinajstić information content (AvgIpc) is 2.83. The van der Waals surface area contributed by atoms with Gasteiger partial charge in [0, 0.05) is 17.7 Å². The number of aryl methyl sites for hydroxylation is 1. The molecule has 0 radical (unpaired) electrons. The molecule has 1 aromatic rings. The van der Waals surface area contributed by atoms with Crippen LogP contribution < -0.4 is 5.73 Å². The van der Waals surface area contributed by atoms with Gasteiger partial charge in [-0.15, -0.1) is 0 Å². The van der Waals surface area contributed by atoms with E-state index >= 15 is 0 Å². The summed E-state index contributed by atoms with van der Waals surface area (Å²) in [7, 11) is 0. The van der Waals surface area contributed by atoms with Gasteiger partial charge >= 0.3 is 6.18 Å². The third-order valence-electron chi connectivity index (χ3n) is 4.66. The zero-order chi connectivity index (χ0) is 14.3. The van der Waals surface area contributed by atoms with Crippen molar-refractivity contribution in [3.63, 3.8) is 0 Å². The molecule has 20 heavy (non-hydrogen) atoms. The first-order chi connectivity index (χ1) is 9.47. The van der Waals surface area contributed by atoms with Gasteiger partial charge in [-0.1, -0.05) is 12.8 Å². The second-order valence-corrected chi connectivity index (χ2v) is 6.02. The fourth-order valence-corrected chi connectivity index (χ4v) is 3.60. The first-order valence-electron chi connectivity index (χ1n) is 7.38. The zero-order valence-electron chi connectivity index (χ0n) is 11.3. The number of nitrogens with one attached hydrogen (secondary N) is 1. The maximum atomic E-state index is 13.2. The summed E-state index contributed by atoms with van der Waals surface area (Å²) in [5.41, 5.74) is 7.74. The van der Waals surface area contributed by atoms with Crippen LogP contribution in [0.2, 0.25) is 0 Å². The molecule has 0 saturated heterocycles. The van der Waals surface area contributed by atoms with Crippen molar-refractivity contribution in [1.82, 2.24) is 9.97 Å². The minimum atomic E-state index is -4.14. The van der Waals surface area contributed by atoms with Crippen LogP contribution >= 0.6 is 0 Å². The van der Waals surface area contributed by atoms with Gasteiger partial charge in [-0.3, -0.25) is 0 Å². The van der Waals surface area contributed by atoms with Crippen LogP contribution in [0.1, 0.15) is 67.7 Å². The molecule has 0 amide bonds. The molecule has 3 rings (SSSR count). The van der Waals surface area contributed by atoms with Gasteiger partial charge in [-0.25, -0.2) is 4.98 Å². The molecule has 0 aromatic carbocycles. The molecule has 6 heteroatoms. The Bertz CT molecular complexity index is 480. The number of fused-ring (bicyclic) bond motifs is 1. The van der Waals surface area contributed by atoms with Crippen molar-refractivity contribution >= 4 is 0 Å². The Balaban J connectivity index is 1.91. The van der Waals surface area contributed by atoms with E-state index in [0.717, 1.165) is 37.1 Å². The molecule has 3 N–H and O–H groups in total. The molecule has 0 spiro atoms. The molecule has 2 aliphatic carbocycles. The number of hydrogen-bond donors (Lipinski definition) is 2. The highest BCUT2D eigenvalue weighted by Crippen LogP contribution is 2.46. The number of hydrogen-bond acceptors (Lipinski definition) is 2. The number of nitrogens with two attached hydrogens (primary N) is 1. The molecule has 1 heterocycles.